The standard InChI is InChI=1S/C13H25N5O2S/c1-11(17(2)3)8-16-21(19,20)13-9-15-18(10-13)7-6-14-12-4-5-12/h9-12,14,16H,4-8H2,1-3H3. The number of hydrogen-bond donors (Lipinski definition) is 2. The maximum absolute atomic E-state index is 12.2. The van der Waals surface area contributed by atoms with Crippen LogP contribution in [0.4, 0.5) is 0 Å². The molecule has 1 aliphatic rings. The van der Waals surface area contributed by atoms with E-state index in [4.69, 9.17) is 0 Å². The Morgan fingerprint density at radius 2 is 2.19 bits per heavy atom. The van der Waals surface area contributed by atoms with Gasteiger partial charge in [0.25, 0.3) is 0 Å². The maximum atomic E-state index is 12.2. The molecule has 1 aliphatic carbocycles. The second kappa shape index (κ2) is 6.87. The van der Waals surface area contributed by atoms with E-state index in [0.717, 1.165) is 6.54 Å². The van der Waals surface area contributed by atoms with Crippen LogP contribution in [0.2, 0.25) is 0 Å². The summed E-state index contributed by atoms with van der Waals surface area (Å²) in [5, 5.41) is 7.48. The average Bonchev–Trinajstić information content (AvgIpc) is 3.11. The Hall–Kier alpha value is -0.960. The fourth-order valence-corrected chi connectivity index (χ4v) is 2.85. The average molecular weight is 315 g/mol. The highest BCUT2D eigenvalue weighted by molar-refractivity contribution is 7.89. The molecule has 0 bridgehead atoms. The number of nitrogens with one attached hydrogen (secondary N) is 2. The van der Waals surface area contributed by atoms with E-state index >= 15 is 0 Å². The lowest BCUT2D eigenvalue weighted by Crippen LogP contribution is -2.38. The van der Waals surface area contributed by atoms with Crippen molar-refractivity contribution in [1.29, 1.82) is 0 Å². The Morgan fingerprint density at radius 3 is 2.81 bits per heavy atom. The lowest BCUT2D eigenvalue weighted by molar-refractivity contribution is 0.314. The van der Waals surface area contributed by atoms with Gasteiger partial charge in [0.15, 0.2) is 0 Å². The predicted molar refractivity (Wildman–Crippen MR) is 81.6 cm³/mol. The van der Waals surface area contributed by atoms with Crippen molar-refractivity contribution >= 4 is 10.0 Å². The van der Waals surface area contributed by atoms with Gasteiger partial charge in [0.2, 0.25) is 10.0 Å². The predicted octanol–water partition coefficient (Wildman–Crippen LogP) is -0.136. The van der Waals surface area contributed by atoms with Crippen molar-refractivity contribution in [2.24, 2.45) is 0 Å². The summed E-state index contributed by atoms with van der Waals surface area (Å²) >= 11 is 0. The first-order chi connectivity index (χ1) is 9.88. The Balaban J connectivity index is 1.85. The van der Waals surface area contributed by atoms with Gasteiger partial charge in [-0.1, -0.05) is 0 Å². The van der Waals surface area contributed by atoms with Crippen LogP contribution in [0.25, 0.3) is 0 Å². The smallest absolute Gasteiger partial charge is 0.243 e. The number of hydrogen-bond acceptors (Lipinski definition) is 5. The second-order valence-electron chi connectivity index (χ2n) is 5.83. The van der Waals surface area contributed by atoms with Gasteiger partial charge >= 0.3 is 0 Å². The topological polar surface area (TPSA) is 79.3 Å². The van der Waals surface area contributed by atoms with Gasteiger partial charge in [-0.15, -0.1) is 0 Å². The van der Waals surface area contributed by atoms with Gasteiger partial charge in [0.05, 0.1) is 12.7 Å². The highest BCUT2D eigenvalue weighted by Gasteiger charge is 2.20. The molecule has 1 fully saturated rings. The van der Waals surface area contributed by atoms with Crippen LogP contribution in [0.15, 0.2) is 17.3 Å². The first kappa shape index (κ1) is 16.4. The van der Waals surface area contributed by atoms with Crippen LogP contribution >= 0.6 is 0 Å². The summed E-state index contributed by atoms with van der Waals surface area (Å²) in [5.74, 6) is 0. The normalized spacial score (nSPS) is 17.3. The van der Waals surface area contributed by atoms with Gasteiger partial charge in [-0.05, 0) is 33.9 Å². The fourth-order valence-electron chi connectivity index (χ4n) is 1.77. The third-order valence-corrected chi connectivity index (χ3v) is 5.10. The van der Waals surface area contributed by atoms with Gasteiger partial charge in [-0.3, -0.25) is 4.68 Å². The van der Waals surface area contributed by atoms with Gasteiger partial charge in [0, 0.05) is 31.4 Å². The molecule has 1 unspecified atom stereocenters. The summed E-state index contributed by atoms with van der Waals surface area (Å²) < 4.78 is 28.6. The lowest BCUT2D eigenvalue weighted by Gasteiger charge is -2.19. The van der Waals surface area contributed by atoms with Gasteiger partial charge in [0.1, 0.15) is 4.90 Å². The van der Waals surface area contributed by atoms with Gasteiger partial charge < -0.3 is 10.2 Å². The summed E-state index contributed by atoms with van der Waals surface area (Å²) in [6, 6.07) is 0.788. The Morgan fingerprint density at radius 1 is 1.48 bits per heavy atom. The highest BCUT2D eigenvalue weighted by atomic mass is 32.2. The highest BCUT2D eigenvalue weighted by Crippen LogP contribution is 2.18. The third-order valence-electron chi connectivity index (χ3n) is 3.72. The lowest BCUT2D eigenvalue weighted by atomic mass is 10.3. The number of sulfonamides is 1. The number of rotatable bonds is 9. The van der Waals surface area contributed by atoms with Crippen LogP contribution in [0, 0.1) is 0 Å². The van der Waals surface area contributed by atoms with E-state index in [1.807, 2.05) is 25.9 Å². The SMILES string of the molecule is CC(CNS(=O)(=O)c1cnn(CCNC2CC2)c1)N(C)C. The third kappa shape index (κ3) is 5.06. The quantitative estimate of drug-likeness (QED) is 0.663. The van der Waals surface area contributed by atoms with E-state index in [9.17, 15) is 8.42 Å². The molecule has 8 heteroatoms. The minimum absolute atomic E-state index is 0.137. The summed E-state index contributed by atoms with van der Waals surface area (Å²) in [4.78, 5) is 2.19. The largest absolute Gasteiger partial charge is 0.312 e. The molecule has 0 spiro atoms. The number of nitrogens with zero attached hydrogens (tertiary/aromatic N) is 3. The van der Waals surface area contributed by atoms with E-state index in [0.29, 0.717) is 19.1 Å². The Bertz CT molecular complexity index is 551. The minimum atomic E-state index is -3.48. The van der Waals surface area contributed by atoms with Crippen LogP contribution in [-0.4, -0.2) is 62.4 Å². The molecule has 2 N–H and O–H groups in total. The molecule has 2 rings (SSSR count). The van der Waals surface area contributed by atoms with E-state index in [1.54, 1.807) is 10.9 Å². The number of likely N-dealkylation sites (N-methyl/N-ethyl adjacent to an activating group) is 1. The van der Waals surface area contributed by atoms with Gasteiger partial charge in [-0.2, -0.15) is 5.10 Å². The van der Waals surface area contributed by atoms with E-state index in [-0.39, 0.29) is 10.9 Å². The molecule has 0 radical (unpaired) electrons. The molecule has 1 atom stereocenters. The maximum Gasteiger partial charge on any atom is 0.243 e. The molecule has 7 nitrogen and oxygen atoms in total. The van der Waals surface area contributed by atoms with Crippen molar-refractivity contribution in [1.82, 2.24) is 24.7 Å². The Labute approximate surface area is 126 Å². The molecule has 120 valence electrons. The van der Waals surface area contributed by atoms with Crippen LogP contribution < -0.4 is 10.0 Å². The van der Waals surface area contributed by atoms with Crippen molar-refractivity contribution in [2.75, 3.05) is 27.2 Å². The number of aromatic nitrogens is 2. The van der Waals surface area contributed by atoms with Gasteiger partial charge in [-0.25, -0.2) is 13.1 Å². The summed E-state index contributed by atoms with van der Waals surface area (Å²) in [6.07, 6.45) is 5.47. The zero-order chi connectivity index (χ0) is 15.5. The molecular formula is C13H25N5O2S. The van der Waals surface area contributed by atoms with E-state index in [1.165, 1.54) is 19.0 Å². The van der Waals surface area contributed by atoms with E-state index in [2.05, 4.69) is 15.1 Å². The molecule has 0 aromatic carbocycles. The van der Waals surface area contributed by atoms with Crippen molar-refractivity contribution < 1.29 is 8.42 Å². The van der Waals surface area contributed by atoms with Crippen LogP contribution in [0.1, 0.15) is 19.8 Å². The molecule has 0 saturated heterocycles. The molecular weight excluding hydrogens is 290 g/mol. The molecule has 0 amide bonds. The molecule has 1 heterocycles. The second-order valence-corrected chi connectivity index (χ2v) is 7.60. The molecule has 1 saturated carbocycles. The first-order valence-electron chi connectivity index (χ1n) is 7.30. The van der Waals surface area contributed by atoms with Crippen molar-refractivity contribution in [3.8, 4) is 0 Å². The summed E-state index contributed by atoms with van der Waals surface area (Å²) in [6.45, 7) is 3.84. The Kier molecular flexibility index (Phi) is 5.37. The first-order valence-corrected chi connectivity index (χ1v) is 8.79. The van der Waals surface area contributed by atoms with Crippen molar-refractivity contribution in [3.63, 3.8) is 0 Å². The monoisotopic (exact) mass is 315 g/mol. The van der Waals surface area contributed by atoms with Crippen LogP contribution in [0.3, 0.4) is 0 Å². The molecule has 21 heavy (non-hydrogen) atoms. The van der Waals surface area contributed by atoms with Crippen molar-refractivity contribution in [3.05, 3.63) is 12.4 Å². The van der Waals surface area contributed by atoms with Crippen LogP contribution in [0.5, 0.6) is 0 Å². The molecule has 0 aliphatic heterocycles. The fraction of sp³-hybridized carbons (Fsp3) is 0.769. The van der Waals surface area contributed by atoms with E-state index < -0.39 is 10.0 Å². The summed E-state index contributed by atoms with van der Waals surface area (Å²) in [7, 11) is 0.364. The molecule has 1 aromatic heterocycles. The zero-order valence-electron chi connectivity index (χ0n) is 12.9. The van der Waals surface area contributed by atoms with Crippen molar-refractivity contribution in [2.45, 2.75) is 43.3 Å². The zero-order valence-corrected chi connectivity index (χ0v) is 13.7. The summed E-state index contributed by atoms with van der Waals surface area (Å²) in [5.41, 5.74) is 0. The molecule has 1 aromatic rings. The minimum Gasteiger partial charge on any atom is -0.312 e. The van der Waals surface area contributed by atoms with Crippen LogP contribution in [-0.2, 0) is 16.6 Å².